The number of sulfonamides is 1. The molecule has 0 unspecified atom stereocenters. The van der Waals surface area contributed by atoms with Gasteiger partial charge in [-0.05, 0) is 24.6 Å². The molecule has 0 fully saturated rings. The maximum Gasteiger partial charge on any atom is 0.276 e. The van der Waals surface area contributed by atoms with Crippen LogP contribution in [0.15, 0.2) is 21.6 Å². The third-order valence-corrected chi connectivity index (χ3v) is 5.56. The Labute approximate surface area is 128 Å². The van der Waals surface area contributed by atoms with Crippen molar-refractivity contribution in [2.45, 2.75) is 52.2 Å². The van der Waals surface area contributed by atoms with Gasteiger partial charge >= 0.3 is 0 Å². The topological polar surface area (TPSA) is 62.6 Å². The maximum atomic E-state index is 12.6. The third-order valence-electron chi connectivity index (χ3n) is 3.75. The van der Waals surface area contributed by atoms with E-state index in [1.165, 1.54) is 4.31 Å². The van der Waals surface area contributed by atoms with Crippen molar-refractivity contribution in [3.05, 3.63) is 17.9 Å². The van der Waals surface area contributed by atoms with Gasteiger partial charge < -0.3 is 9.73 Å². The summed E-state index contributed by atoms with van der Waals surface area (Å²) in [6.45, 7) is 10.4. The Morgan fingerprint density at radius 3 is 2.38 bits per heavy atom. The Hall–Kier alpha value is -0.850. The molecule has 0 aliphatic rings. The van der Waals surface area contributed by atoms with Crippen LogP contribution in [0.25, 0.3) is 0 Å². The molecule has 0 bridgehead atoms. The Balaban J connectivity index is 2.88. The number of rotatable bonds is 10. The summed E-state index contributed by atoms with van der Waals surface area (Å²) in [7, 11) is -3.53. The van der Waals surface area contributed by atoms with Crippen molar-refractivity contribution in [1.29, 1.82) is 0 Å². The monoisotopic (exact) mass is 316 g/mol. The van der Waals surface area contributed by atoms with E-state index in [0.717, 1.165) is 19.4 Å². The average Bonchev–Trinajstić information content (AvgIpc) is 2.95. The second kappa shape index (κ2) is 8.56. The normalized spacial score (nSPS) is 12.5. The van der Waals surface area contributed by atoms with Crippen LogP contribution in [0.5, 0.6) is 0 Å². The van der Waals surface area contributed by atoms with E-state index in [1.807, 2.05) is 13.8 Å². The molecule has 1 aromatic heterocycles. The number of nitrogens with zero attached hydrogens (tertiary/aromatic N) is 1. The van der Waals surface area contributed by atoms with E-state index in [1.54, 1.807) is 12.1 Å². The van der Waals surface area contributed by atoms with E-state index in [9.17, 15) is 8.42 Å². The predicted octanol–water partition coefficient (Wildman–Crippen LogP) is 2.84. The molecular weight excluding hydrogens is 288 g/mol. The summed E-state index contributed by atoms with van der Waals surface area (Å²) >= 11 is 0. The van der Waals surface area contributed by atoms with Crippen LogP contribution in [0.3, 0.4) is 0 Å². The summed E-state index contributed by atoms with van der Waals surface area (Å²) in [4.78, 5) is 0. The third kappa shape index (κ3) is 4.83. The average molecular weight is 316 g/mol. The molecule has 0 aliphatic carbocycles. The number of hydrogen-bond donors (Lipinski definition) is 1. The largest absolute Gasteiger partial charge is 0.447 e. The highest BCUT2D eigenvalue weighted by atomic mass is 32.2. The van der Waals surface area contributed by atoms with Gasteiger partial charge in [0.2, 0.25) is 5.09 Å². The minimum Gasteiger partial charge on any atom is -0.447 e. The van der Waals surface area contributed by atoms with Crippen LogP contribution in [0.4, 0.5) is 0 Å². The van der Waals surface area contributed by atoms with Crippen molar-refractivity contribution < 1.29 is 12.8 Å². The lowest BCUT2D eigenvalue weighted by molar-refractivity contribution is 0.323. The first-order valence-corrected chi connectivity index (χ1v) is 9.23. The molecule has 1 N–H and O–H groups in total. The van der Waals surface area contributed by atoms with Crippen molar-refractivity contribution in [2.75, 3.05) is 19.6 Å². The molecule has 0 saturated carbocycles. The Bertz CT molecular complexity index is 507. The molecule has 0 atom stereocenters. The SMILES string of the molecule is CCNCc1ccc(S(=O)(=O)N(CC)CC(CC)CC)o1. The van der Waals surface area contributed by atoms with Crippen LogP contribution >= 0.6 is 0 Å². The highest BCUT2D eigenvalue weighted by Crippen LogP contribution is 2.21. The fraction of sp³-hybridized carbons (Fsp3) is 0.733. The van der Waals surface area contributed by atoms with Crippen LogP contribution in [0.1, 0.15) is 46.3 Å². The van der Waals surface area contributed by atoms with E-state index in [0.29, 0.717) is 31.3 Å². The molecule has 21 heavy (non-hydrogen) atoms. The Morgan fingerprint density at radius 1 is 1.19 bits per heavy atom. The summed E-state index contributed by atoms with van der Waals surface area (Å²) in [6, 6.07) is 3.28. The van der Waals surface area contributed by atoms with Crippen LogP contribution < -0.4 is 5.32 Å². The first-order valence-electron chi connectivity index (χ1n) is 7.79. The molecule has 0 spiro atoms. The molecule has 1 rings (SSSR count). The van der Waals surface area contributed by atoms with Crippen LogP contribution in [0.2, 0.25) is 0 Å². The van der Waals surface area contributed by atoms with Crippen molar-refractivity contribution in [3.63, 3.8) is 0 Å². The van der Waals surface area contributed by atoms with E-state index < -0.39 is 10.0 Å². The molecule has 0 amide bonds. The lowest BCUT2D eigenvalue weighted by Gasteiger charge is -2.23. The molecule has 6 heteroatoms. The summed E-state index contributed by atoms with van der Waals surface area (Å²) in [5, 5.41) is 3.17. The van der Waals surface area contributed by atoms with Gasteiger partial charge in [-0.15, -0.1) is 0 Å². The van der Waals surface area contributed by atoms with Crippen LogP contribution in [-0.2, 0) is 16.6 Å². The van der Waals surface area contributed by atoms with Gasteiger partial charge in [0.15, 0.2) is 0 Å². The minimum absolute atomic E-state index is 0.0446. The first-order chi connectivity index (χ1) is 9.99. The van der Waals surface area contributed by atoms with Gasteiger partial charge in [0.1, 0.15) is 5.76 Å². The first kappa shape index (κ1) is 18.2. The second-order valence-corrected chi connectivity index (χ2v) is 7.01. The molecule has 0 aromatic carbocycles. The van der Waals surface area contributed by atoms with E-state index in [4.69, 9.17) is 4.42 Å². The summed E-state index contributed by atoms with van der Waals surface area (Å²) < 4.78 is 32.3. The predicted molar refractivity (Wildman–Crippen MR) is 84.6 cm³/mol. The molecule has 5 nitrogen and oxygen atoms in total. The molecule has 122 valence electrons. The van der Waals surface area contributed by atoms with Gasteiger partial charge in [0.25, 0.3) is 10.0 Å². The van der Waals surface area contributed by atoms with Gasteiger partial charge in [-0.1, -0.05) is 40.5 Å². The number of nitrogens with one attached hydrogen (secondary N) is 1. The number of hydrogen-bond acceptors (Lipinski definition) is 4. The molecule has 0 radical (unpaired) electrons. The highest BCUT2D eigenvalue weighted by molar-refractivity contribution is 7.89. The van der Waals surface area contributed by atoms with Gasteiger partial charge in [-0.25, -0.2) is 8.42 Å². The summed E-state index contributed by atoms with van der Waals surface area (Å²) in [5.74, 6) is 1.03. The zero-order valence-electron chi connectivity index (χ0n) is 13.6. The van der Waals surface area contributed by atoms with Gasteiger partial charge in [-0.2, -0.15) is 4.31 Å². The van der Waals surface area contributed by atoms with Gasteiger partial charge in [0.05, 0.1) is 6.54 Å². The smallest absolute Gasteiger partial charge is 0.276 e. The van der Waals surface area contributed by atoms with E-state index in [-0.39, 0.29) is 5.09 Å². The summed E-state index contributed by atoms with van der Waals surface area (Å²) in [6.07, 6.45) is 1.96. The quantitative estimate of drug-likeness (QED) is 0.721. The number of furan rings is 1. The Morgan fingerprint density at radius 2 is 1.86 bits per heavy atom. The van der Waals surface area contributed by atoms with Crippen molar-refractivity contribution in [3.8, 4) is 0 Å². The van der Waals surface area contributed by atoms with Gasteiger partial charge in [-0.3, -0.25) is 0 Å². The molecule has 1 aromatic rings. The highest BCUT2D eigenvalue weighted by Gasteiger charge is 2.28. The lowest BCUT2D eigenvalue weighted by atomic mass is 10.0. The maximum absolute atomic E-state index is 12.6. The fourth-order valence-corrected chi connectivity index (χ4v) is 3.65. The molecule has 0 saturated heterocycles. The lowest BCUT2D eigenvalue weighted by Crippen LogP contribution is -2.34. The van der Waals surface area contributed by atoms with Crippen LogP contribution in [-0.4, -0.2) is 32.4 Å². The van der Waals surface area contributed by atoms with E-state index in [2.05, 4.69) is 19.2 Å². The van der Waals surface area contributed by atoms with Crippen molar-refractivity contribution in [2.24, 2.45) is 5.92 Å². The Kier molecular flexibility index (Phi) is 7.42. The van der Waals surface area contributed by atoms with Crippen LogP contribution in [0, 0.1) is 5.92 Å². The van der Waals surface area contributed by atoms with Crippen molar-refractivity contribution in [1.82, 2.24) is 9.62 Å². The zero-order chi connectivity index (χ0) is 15.9. The molecule has 0 aliphatic heterocycles. The van der Waals surface area contributed by atoms with Crippen molar-refractivity contribution >= 4 is 10.0 Å². The minimum atomic E-state index is -3.53. The molecule has 1 heterocycles. The van der Waals surface area contributed by atoms with E-state index >= 15 is 0 Å². The van der Waals surface area contributed by atoms with Gasteiger partial charge in [0, 0.05) is 13.1 Å². The summed E-state index contributed by atoms with van der Waals surface area (Å²) in [5.41, 5.74) is 0. The standard InChI is InChI=1S/C15H28N2O3S/c1-5-13(6-2)12-17(8-4)21(18,19)15-10-9-14(20-15)11-16-7-3/h9-10,13,16H,5-8,11-12H2,1-4H3. The second-order valence-electron chi connectivity index (χ2n) is 5.14. The fourth-order valence-electron chi connectivity index (χ4n) is 2.20. The molecular formula is C15H28N2O3S. The zero-order valence-corrected chi connectivity index (χ0v) is 14.4.